The van der Waals surface area contributed by atoms with Crippen LogP contribution in [-0.4, -0.2) is 29.0 Å². The second-order valence-corrected chi connectivity index (χ2v) is 7.91. The Kier molecular flexibility index (Phi) is 4.74. The molecule has 4 nitrogen and oxygen atoms in total. The van der Waals surface area contributed by atoms with Gasteiger partial charge in [0.2, 0.25) is 5.91 Å². The van der Waals surface area contributed by atoms with Crippen molar-refractivity contribution in [1.29, 1.82) is 0 Å². The summed E-state index contributed by atoms with van der Waals surface area (Å²) in [6, 6.07) is 14.2. The Bertz CT molecular complexity index is 821. The fourth-order valence-electron chi connectivity index (χ4n) is 4.77. The number of hydrogen-bond acceptors (Lipinski definition) is 3. The summed E-state index contributed by atoms with van der Waals surface area (Å²) in [5, 5.41) is 14.1. The number of anilines is 1. The van der Waals surface area contributed by atoms with Crippen molar-refractivity contribution in [2.24, 2.45) is 11.8 Å². The van der Waals surface area contributed by atoms with E-state index >= 15 is 0 Å². The number of carbonyl (C=O) groups is 1. The fourth-order valence-corrected chi connectivity index (χ4v) is 4.77. The summed E-state index contributed by atoms with van der Waals surface area (Å²) in [5.41, 5.74) is 1.96. The van der Waals surface area contributed by atoms with Gasteiger partial charge in [-0.1, -0.05) is 24.3 Å². The molecule has 2 aliphatic rings. The molecule has 2 N–H and O–H groups in total. The van der Waals surface area contributed by atoms with Crippen LogP contribution in [0.2, 0.25) is 0 Å². The molecule has 142 valence electrons. The Morgan fingerprint density at radius 1 is 1.19 bits per heavy atom. The lowest BCUT2D eigenvalue weighted by Gasteiger charge is -2.31. The Hall–Kier alpha value is -2.24. The summed E-state index contributed by atoms with van der Waals surface area (Å²) < 4.78 is 13.3. The topological polar surface area (TPSA) is 52.6 Å². The molecule has 1 aliphatic carbocycles. The molecule has 1 saturated heterocycles. The van der Waals surface area contributed by atoms with Crippen molar-refractivity contribution in [2.75, 3.05) is 18.4 Å². The number of amides is 1. The third-order valence-corrected chi connectivity index (χ3v) is 6.05. The summed E-state index contributed by atoms with van der Waals surface area (Å²) in [4.78, 5) is 13.5. The number of benzene rings is 2. The molecule has 1 saturated carbocycles. The Labute approximate surface area is 159 Å². The number of rotatable bonds is 4. The normalized spacial score (nSPS) is 27.5. The molecule has 2 aromatic carbocycles. The predicted molar refractivity (Wildman–Crippen MR) is 103 cm³/mol. The van der Waals surface area contributed by atoms with Gasteiger partial charge in [-0.2, -0.15) is 0 Å². The average Bonchev–Trinajstić information content (AvgIpc) is 3.17. The van der Waals surface area contributed by atoms with Crippen LogP contribution in [0.5, 0.6) is 0 Å². The second-order valence-electron chi connectivity index (χ2n) is 7.91. The standard InChI is InChI=1S/C22H25FN2O2/c1-15(26)24-20-8-2-16(3-9-20)12-25-13-17-10-11-22(27,21(17)14-25)18-4-6-19(23)7-5-18/h2-9,17,21,27H,10-14H2,1H3,(H,24,26). The molecule has 0 spiro atoms. The van der Waals surface area contributed by atoms with E-state index in [4.69, 9.17) is 0 Å². The summed E-state index contributed by atoms with van der Waals surface area (Å²) in [7, 11) is 0. The molecule has 0 aromatic heterocycles. The summed E-state index contributed by atoms with van der Waals surface area (Å²) in [6.45, 7) is 4.14. The third kappa shape index (κ3) is 3.62. The van der Waals surface area contributed by atoms with Crippen LogP contribution < -0.4 is 5.32 Å². The van der Waals surface area contributed by atoms with Crippen molar-refractivity contribution in [3.8, 4) is 0 Å². The van der Waals surface area contributed by atoms with Crippen LogP contribution in [0.25, 0.3) is 0 Å². The molecule has 1 heterocycles. The van der Waals surface area contributed by atoms with Gasteiger partial charge in [-0.3, -0.25) is 9.69 Å². The summed E-state index contributed by atoms with van der Waals surface area (Å²) in [5.74, 6) is 0.308. The van der Waals surface area contributed by atoms with Gasteiger partial charge >= 0.3 is 0 Å². The van der Waals surface area contributed by atoms with E-state index in [1.165, 1.54) is 24.6 Å². The van der Waals surface area contributed by atoms with Crippen LogP contribution in [0.1, 0.15) is 30.9 Å². The van der Waals surface area contributed by atoms with Crippen LogP contribution in [0.15, 0.2) is 48.5 Å². The van der Waals surface area contributed by atoms with E-state index in [2.05, 4.69) is 10.2 Å². The van der Waals surface area contributed by atoms with Gasteiger partial charge in [0, 0.05) is 38.2 Å². The molecule has 1 amide bonds. The predicted octanol–water partition coefficient (Wildman–Crippen LogP) is 3.51. The van der Waals surface area contributed by atoms with Gasteiger partial charge in [0.1, 0.15) is 5.82 Å². The molecular weight excluding hydrogens is 343 g/mol. The highest BCUT2D eigenvalue weighted by Crippen LogP contribution is 2.50. The zero-order valence-corrected chi connectivity index (χ0v) is 15.5. The van der Waals surface area contributed by atoms with Crippen LogP contribution in [0.4, 0.5) is 10.1 Å². The largest absolute Gasteiger partial charge is 0.385 e. The number of hydrogen-bond donors (Lipinski definition) is 2. The van der Waals surface area contributed by atoms with Crippen molar-refractivity contribution >= 4 is 11.6 Å². The van der Waals surface area contributed by atoms with E-state index in [-0.39, 0.29) is 17.6 Å². The Balaban J connectivity index is 1.43. The first-order chi connectivity index (χ1) is 12.9. The highest BCUT2D eigenvalue weighted by Gasteiger charge is 2.52. The van der Waals surface area contributed by atoms with E-state index in [0.717, 1.165) is 43.7 Å². The molecule has 0 bridgehead atoms. The highest BCUT2D eigenvalue weighted by atomic mass is 19.1. The van der Waals surface area contributed by atoms with Gasteiger partial charge in [0.15, 0.2) is 0 Å². The smallest absolute Gasteiger partial charge is 0.221 e. The lowest BCUT2D eigenvalue weighted by atomic mass is 9.82. The monoisotopic (exact) mass is 368 g/mol. The van der Waals surface area contributed by atoms with E-state index in [1.54, 1.807) is 12.1 Å². The zero-order valence-electron chi connectivity index (χ0n) is 15.5. The summed E-state index contributed by atoms with van der Waals surface area (Å²) >= 11 is 0. The number of aliphatic hydroxyl groups is 1. The average molecular weight is 368 g/mol. The number of halogens is 1. The maximum Gasteiger partial charge on any atom is 0.221 e. The molecule has 2 aromatic rings. The van der Waals surface area contributed by atoms with Gasteiger partial charge in [0.25, 0.3) is 0 Å². The maximum atomic E-state index is 13.3. The van der Waals surface area contributed by atoms with Crippen LogP contribution in [-0.2, 0) is 16.9 Å². The van der Waals surface area contributed by atoms with Crippen molar-refractivity contribution in [3.63, 3.8) is 0 Å². The SMILES string of the molecule is CC(=O)Nc1ccc(CN2CC3CCC(O)(c4ccc(F)cc4)C3C2)cc1. The van der Waals surface area contributed by atoms with E-state index in [0.29, 0.717) is 5.92 Å². The van der Waals surface area contributed by atoms with Crippen LogP contribution in [0.3, 0.4) is 0 Å². The van der Waals surface area contributed by atoms with Crippen molar-refractivity contribution in [3.05, 3.63) is 65.5 Å². The number of carbonyl (C=O) groups excluding carboxylic acids is 1. The number of nitrogens with one attached hydrogen (secondary N) is 1. The Morgan fingerprint density at radius 2 is 1.89 bits per heavy atom. The molecule has 4 rings (SSSR count). The molecule has 2 fully saturated rings. The third-order valence-electron chi connectivity index (χ3n) is 6.05. The second kappa shape index (κ2) is 7.06. The van der Waals surface area contributed by atoms with Gasteiger partial charge in [-0.15, -0.1) is 0 Å². The van der Waals surface area contributed by atoms with Gasteiger partial charge in [-0.25, -0.2) is 4.39 Å². The zero-order chi connectivity index (χ0) is 19.0. The first-order valence-corrected chi connectivity index (χ1v) is 9.51. The molecule has 3 unspecified atom stereocenters. The number of likely N-dealkylation sites (tertiary alicyclic amines) is 1. The van der Waals surface area contributed by atoms with Gasteiger partial charge < -0.3 is 10.4 Å². The molecule has 1 aliphatic heterocycles. The Morgan fingerprint density at radius 3 is 2.56 bits per heavy atom. The lowest BCUT2D eigenvalue weighted by molar-refractivity contribution is -0.114. The summed E-state index contributed by atoms with van der Waals surface area (Å²) in [6.07, 6.45) is 1.74. The van der Waals surface area contributed by atoms with Gasteiger partial charge in [0.05, 0.1) is 5.60 Å². The first kappa shape index (κ1) is 18.1. The first-order valence-electron chi connectivity index (χ1n) is 9.51. The molecule has 0 radical (unpaired) electrons. The quantitative estimate of drug-likeness (QED) is 0.868. The highest BCUT2D eigenvalue weighted by molar-refractivity contribution is 5.88. The van der Waals surface area contributed by atoms with Crippen LogP contribution in [0, 0.1) is 17.7 Å². The van der Waals surface area contributed by atoms with Crippen molar-refractivity contribution < 1.29 is 14.3 Å². The molecule has 5 heteroatoms. The molecular formula is C22H25FN2O2. The molecule has 3 atom stereocenters. The maximum absolute atomic E-state index is 13.3. The van der Waals surface area contributed by atoms with Crippen molar-refractivity contribution in [1.82, 2.24) is 4.90 Å². The van der Waals surface area contributed by atoms with Crippen LogP contribution >= 0.6 is 0 Å². The minimum absolute atomic E-state index is 0.0739. The number of fused-ring (bicyclic) bond motifs is 1. The van der Waals surface area contributed by atoms with Gasteiger partial charge in [-0.05, 0) is 54.2 Å². The minimum Gasteiger partial charge on any atom is -0.385 e. The van der Waals surface area contributed by atoms with E-state index in [9.17, 15) is 14.3 Å². The fraction of sp³-hybridized carbons (Fsp3) is 0.409. The lowest BCUT2D eigenvalue weighted by Crippen LogP contribution is -2.34. The van der Waals surface area contributed by atoms with Crippen molar-refractivity contribution in [2.45, 2.75) is 31.9 Å². The number of nitrogens with zero attached hydrogens (tertiary/aromatic N) is 1. The van der Waals surface area contributed by atoms with E-state index in [1.807, 2.05) is 24.3 Å². The minimum atomic E-state index is -0.859. The van der Waals surface area contributed by atoms with E-state index < -0.39 is 5.60 Å². The molecule has 27 heavy (non-hydrogen) atoms.